The van der Waals surface area contributed by atoms with Crippen LogP contribution in [0.15, 0.2) is 12.1 Å². The Bertz CT molecular complexity index is 736. The molecule has 0 amide bonds. The van der Waals surface area contributed by atoms with Crippen molar-refractivity contribution in [1.82, 2.24) is 4.57 Å². The number of hydrogen-bond acceptors (Lipinski definition) is 2. The molecular formula is C16H21ClN2OSi. The molecule has 1 heterocycles. The largest absolute Gasteiger partial charge is 0.545 e. The van der Waals surface area contributed by atoms with Crippen LogP contribution >= 0.6 is 11.6 Å². The third-order valence-electron chi connectivity index (χ3n) is 3.43. The number of halogens is 1. The fourth-order valence-corrected chi connectivity index (χ4v) is 3.62. The molecule has 0 fully saturated rings. The zero-order valence-electron chi connectivity index (χ0n) is 13.4. The Balaban J connectivity index is 2.89. The normalized spacial score (nSPS) is 12.0. The maximum Gasteiger partial charge on any atom is 0.229 e. The lowest BCUT2D eigenvalue weighted by atomic mass is 9.91. The summed E-state index contributed by atoms with van der Waals surface area (Å²) in [5, 5.41) is 10.7. The standard InChI is InChI=1S/C16H21ClN2OSi/c1-16(2,3)15-14(20-21(5)6)11-7-10(9-18)12(17)8-13(11)19(15)4/h7-8,21H,1-6H3. The van der Waals surface area contributed by atoms with Gasteiger partial charge in [-0.3, -0.25) is 0 Å². The molecule has 0 unspecified atom stereocenters. The van der Waals surface area contributed by atoms with Crippen molar-refractivity contribution in [3.05, 3.63) is 28.4 Å². The number of nitriles is 1. The summed E-state index contributed by atoms with van der Waals surface area (Å²) in [6.45, 7) is 10.8. The van der Waals surface area contributed by atoms with Gasteiger partial charge in [0.05, 0.1) is 21.8 Å². The van der Waals surface area contributed by atoms with Crippen molar-refractivity contribution in [3.8, 4) is 11.8 Å². The maximum absolute atomic E-state index is 9.21. The van der Waals surface area contributed by atoms with E-state index in [0.29, 0.717) is 10.6 Å². The molecule has 0 N–H and O–H groups in total. The number of nitrogens with zero attached hydrogens (tertiary/aromatic N) is 2. The predicted molar refractivity (Wildman–Crippen MR) is 90.8 cm³/mol. The van der Waals surface area contributed by atoms with Crippen LogP contribution < -0.4 is 4.43 Å². The molecule has 21 heavy (non-hydrogen) atoms. The zero-order valence-corrected chi connectivity index (χ0v) is 15.3. The molecule has 0 atom stereocenters. The van der Waals surface area contributed by atoms with Crippen LogP contribution in [-0.4, -0.2) is 13.6 Å². The Kier molecular flexibility index (Phi) is 4.10. The fraction of sp³-hybridized carbons (Fsp3) is 0.438. The second kappa shape index (κ2) is 5.40. The van der Waals surface area contributed by atoms with Gasteiger partial charge >= 0.3 is 0 Å². The Labute approximate surface area is 132 Å². The summed E-state index contributed by atoms with van der Waals surface area (Å²) in [6.07, 6.45) is 0. The van der Waals surface area contributed by atoms with Gasteiger partial charge in [0.1, 0.15) is 11.8 Å². The molecule has 2 rings (SSSR count). The average Bonchev–Trinajstić information content (AvgIpc) is 2.60. The van der Waals surface area contributed by atoms with Crippen LogP contribution in [0.2, 0.25) is 18.1 Å². The quantitative estimate of drug-likeness (QED) is 0.771. The van der Waals surface area contributed by atoms with Crippen molar-refractivity contribution >= 4 is 31.5 Å². The molecule has 1 aromatic heterocycles. The topological polar surface area (TPSA) is 38.0 Å². The smallest absolute Gasteiger partial charge is 0.229 e. The highest BCUT2D eigenvalue weighted by atomic mass is 35.5. The molecule has 0 saturated heterocycles. The molecule has 0 aliphatic rings. The van der Waals surface area contributed by atoms with Crippen molar-refractivity contribution in [2.45, 2.75) is 39.3 Å². The molecule has 0 saturated carbocycles. The van der Waals surface area contributed by atoms with Crippen molar-refractivity contribution in [2.24, 2.45) is 7.05 Å². The highest BCUT2D eigenvalue weighted by Gasteiger charge is 2.27. The predicted octanol–water partition coefficient (Wildman–Crippen LogP) is 4.36. The van der Waals surface area contributed by atoms with E-state index >= 15 is 0 Å². The summed E-state index contributed by atoms with van der Waals surface area (Å²) in [5.41, 5.74) is 2.59. The van der Waals surface area contributed by atoms with Crippen LogP contribution in [0.3, 0.4) is 0 Å². The highest BCUT2D eigenvalue weighted by molar-refractivity contribution is 6.49. The monoisotopic (exact) mass is 320 g/mol. The van der Waals surface area contributed by atoms with Crippen LogP contribution in [0.1, 0.15) is 32.0 Å². The molecular weight excluding hydrogens is 300 g/mol. The molecule has 0 radical (unpaired) electrons. The Morgan fingerprint density at radius 1 is 1.29 bits per heavy atom. The summed E-state index contributed by atoms with van der Waals surface area (Å²) in [4.78, 5) is 0. The first-order valence-electron chi connectivity index (χ1n) is 7.06. The van der Waals surface area contributed by atoms with Gasteiger partial charge in [-0.25, -0.2) is 0 Å². The lowest BCUT2D eigenvalue weighted by molar-refractivity contribution is 0.498. The minimum Gasteiger partial charge on any atom is -0.545 e. The maximum atomic E-state index is 9.21. The highest BCUT2D eigenvalue weighted by Crippen LogP contribution is 2.41. The Morgan fingerprint density at radius 3 is 2.38 bits per heavy atom. The summed E-state index contributed by atoms with van der Waals surface area (Å²) < 4.78 is 8.34. The van der Waals surface area contributed by atoms with E-state index < -0.39 is 9.04 Å². The SMILES string of the molecule is Cn1c(C(C)(C)C)c(O[SiH](C)C)c2cc(C#N)c(Cl)cc21. The number of rotatable bonds is 2. The average molecular weight is 321 g/mol. The van der Waals surface area contributed by atoms with Gasteiger partial charge in [-0.05, 0) is 25.2 Å². The van der Waals surface area contributed by atoms with Crippen molar-refractivity contribution in [1.29, 1.82) is 5.26 Å². The third-order valence-corrected chi connectivity index (χ3v) is 4.45. The number of aromatic nitrogens is 1. The number of fused-ring (bicyclic) bond motifs is 1. The lowest BCUT2D eigenvalue weighted by Gasteiger charge is -2.23. The van der Waals surface area contributed by atoms with E-state index in [4.69, 9.17) is 16.0 Å². The zero-order chi connectivity index (χ0) is 15.9. The van der Waals surface area contributed by atoms with Crippen molar-refractivity contribution in [3.63, 3.8) is 0 Å². The molecule has 0 bridgehead atoms. The van der Waals surface area contributed by atoms with Gasteiger partial charge in [-0.2, -0.15) is 5.26 Å². The van der Waals surface area contributed by atoms with Gasteiger partial charge in [0, 0.05) is 17.8 Å². The van der Waals surface area contributed by atoms with E-state index in [1.54, 1.807) is 0 Å². The fourth-order valence-electron chi connectivity index (χ4n) is 2.71. The molecule has 112 valence electrons. The number of aryl methyl sites for hydroxylation is 1. The van der Waals surface area contributed by atoms with Gasteiger partial charge in [-0.1, -0.05) is 32.4 Å². The van der Waals surface area contributed by atoms with Gasteiger partial charge in [0.2, 0.25) is 9.04 Å². The Hall–Kier alpha value is -1.44. The van der Waals surface area contributed by atoms with E-state index in [9.17, 15) is 5.26 Å². The summed E-state index contributed by atoms with van der Waals surface area (Å²) >= 11 is 6.19. The summed E-state index contributed by atoms with van der Waals surface area (Å²) in [5.74, 6) is 0.912. The molecule has 0 aliphatic carbocycles. The Morgan fingerprint density at radius 2 is 1.90 bits per heavy atom. The molecule has 0 spiro atoms. The van der Waals surface area contributed by atoms with Crippen LogP contribution in [0.5, 0.6) is 5.75 Å². The van der Waals surface area contributed by atoms with Crippen LogP contribution in [0, 0.1) is 11.3 Å². The minimum absolute atomic E-state index is 0.0499. The van der Waals surface area contributed by atoms with Gasteiger partial charge < -0.3 is 8.99 Å². The second-order valence-corrected chi connectivity index (χ2v) is 9.35. The van der Waals surface area contributed by atoms with E-state index in [0.717, 1.165) is 22.3 Å². The second-order valence-electron chi connectivity index (χ2n) is 6.61. The number of benzene rings is 1. The first-order chi connectivity index (χ1) is 9.66. The van der Waals surface area contributed by atoms with E-state index in [2.05, 4.69) is 44.5 Å². The lowest BCUT2D eigenvalue weighted by Crippen LogP contribution is -2.20. The molecule has 5 heteroatoms. The van der Waals surface area contributed by atoms with Gasteiger partial charge in [-0.15, -0.1) is 0 Å². The minimum atomic E-state index is -1.26. The van der Waals surface area contributed by atoms with Crippen molar-refractivity contribution < 1.29 is 4.43 Å². The summed E-state index contributed by atoms with van der Waals surface area (Å²) in [7, 11) is 0.770. The third kappa shape index (κ3) is 2.81. The van der Waals surface area contributed by atoms with Crippen LogP contribution in [-0.2, 0) is 12.5 Å². The first-order valence-corrected chi connectivity index (χ1v) is 10.2. The van der Waals surface area contributed by atoms with Gasteiger partial charge in [0.15, 0.2) is 0 Å². The van der Waals surface area contributed by atoms with Crippen LogP contribution in [0.25, 0.3) is 10.9 Å². The van der Waals surface area contributed by atoms with Crippen molar-refractivity contribution in [2.75, 3.05) is 0 Å². The number of hydrogen-bond donors (Lipinski definition) is 0. The summed E-state index contributed by atoms with van der Waals surface area (Å²) in [6, 6.07) is 5.86. The van der Waals surface area contributed by atoms with Crippen LogP contribution in [0.4, 0.5) is 0 Å². The molecule has 3 nitrogen and oxygen atoms in total. The molecule has 2 aromatic rings. The van der Waals surface area contributed by atoms with E-state index in [1.165, 1.54) is 0 Å². The van der Waals surface area contributed by atoms with E-state index in [-0.39, 0.29) is 5.41 Å². The first kappa shape index (κ1) is 15.9. The molecule has 0 aliphatic heterocycles. The molecule has 1 aromatic carbocycles. The van der Waals surface area contributed by atoms with E-state index in [1.807, 2.05) is 19.2 Å². The van der Waals surface area contributed by atoms with Gasteiger partial charge in [0.25, 0.3) is 0 Å².